The van der Waals surface area contributed by atoms with E-state index >= 15 is 4.79 Å². The minimum Gasteiger partial charge on any atom is -0.454 e. The van der Waals surface area contributed by atoms with Gasteiger partial charge in [-0.15, -0.1) is 0 Å². The van der Waals surface area contributed by atoms with E-state index in [9.17, 15) is 19.7 Å². The van der Waals surface area contributed by atoms with E-state index in [-0.39, 0.29) is 29.5 Å². The lowest BCUT2D eigenvalue weighted by atomic mass is 9.64. The smallest absolute Gasteiger partial charge is 0.269 e. The maximum absolute atomic E-state index is 15.0. The number of benzene rings is 4. The molecule has 0 radical (unpaired) electrons. The largest absolute Gasteiger partial charge is 0.454 e. The molecule has 4 heterocycles. The summed E-state index contributed by atoms with van der Waals surface area (Å²) in [5, 5.41) is 14.4. The quantitative estimate of drug-likeness (QED) is 0.179. The van der Waals surface area contributed by atoms with Gasteiger partial charge in [0.15, 0.2) is 23.1 Å². The van der Waals surface area contributed by atoms with Crippen LogP contribution in [-0.4, -0.2) is 41.3 Å². The van der Waals surface area contributed by atoms with Crippen molar-refractivity contribution in [3.05, 3.63) is 129 Å². The monoisotopic (exact) mass is 599 g/mol. The van der Waals surface area contributed by atoms with E-state index < -0.39 is 39.9 Å². The van der Waals surface area contributed by atoms with Crippen LogP contribution >= 0.6 is 0 Å². The molecule has 0 saturated carbocycles. The summed E-state index contributed by atoms with van der Waals surface area (Å²) in [5.41, 5.74) is 2.56. The first kappa shape index (κ1) is 26.8. The molecule has 1 spiro atoms. The molecule has 45 heavy (non-hydrogen) atoms. The molecule has 1 amide bonds. The van der Waals surface area contributed by atoms with E-state index in [2.05, 4.69) is 5.32 Å². The Kier molecular flexibility index (Phi) is 5.73. The van der Waals surface area contributed by atoms with Crippen LogP contribution < -0.4 is 19.7 Å². The number of rotatable bonds is 5. The van der Waals surface area contributed by atoms with Crippen LogP contribution in [0.5, 0.6) is 11.5 Å². The number of ketones is 2. The minimum atomic E-state index is -1.49. The summed E-state index contributed by atoms with van der Waals surface area (Å²) in [6.07, 6.45) is 1.98. The molecule has 4 aromatic rings. The molecule has 1 N–H and O–H groups in total. The third kappa shape index (κ3) is 3.65. The van der Waals surface area contributed by atoms with E-state index in [0.29, 0.717) is 22.7 Å². The first-order chi connectivity index (χ1) is 21.8. The van der Waals surface area contributed by atoms with Crippen LogP contribution in [0.4, 0.5) is 17.1 Å². The number of para-hydroxylation sites is 2. The molecule has 4 aliphatic heterocycles. The van der Waals surface area contributed by atoms with Crippen molar-refractivity contribution in [3.8, 4) is 11.5 Å². The summed E-state index contributed by atoms with van der Waals surface area (Å²) in [6.45, 7) is 1.98. The highest BCUT2D eigenvalue weighted by molar-refractivity contribution is 6.18. The van der Waals surface area contributed by atoms with Crippen LogP contribution in [0, 0.1) is 16.0 Å². The molecule has 0 aliphatic carbocycles. The van der Waals surface area contributed by atoms with Gasteiger partial charge in [-0.25, -0.2) is 0 Å². The van der Waals surface area contributed by atoms with E-state index in [1.165, 1.54) is 24.3 Å². The Bertz CT molecular complexity index is 2000. The van der Waals surface area contributed by atoms with Gasteiger partial charge in [-0.05, 0) is 60.5 Å². The van der Waals surface area contributed by atoms with Gasteiger partial charge in [-0.2, -0.15) is 0 Å². The van der Waals surface area contributed by atoms with Gasteiger partial charge < -0.3 is 19.7 Å². The topological polar surface area (TPSA) is 128 Å². The van der Waals surface area contributed by atoms with Gasteiger partial charge in [0.25, 0.3) is 5.69 Å². The minimum absolute atomic E-state index is 0.0219. The highest BCUT2D eigenvalue weighted by Gasteiger charge is 2.70. The zero-order chi connectivity index (χ0) is 31.0. The number of non-ortho nitro benzene ring substituents is 1. The molecule has 0 aromatic heterocycles. The molecular formula is C35H25N3O7. The predicted octanol–water partition coefficient (Wildman–Crippen LogP) is 5.57. The predicted molar refractivity (Wildman–Crippen MR) is 165 cm³/mol. The van der Waals surface area contributed by atoms with Crippen molar-refractivity contribution in [1.82, 2.24) is 0 Å². The number of nitro benzene ring substituents is 1. The fourth-order valence-electron chi connectivity index (χ4n) is 7.53. The fourth-order valence-corrected chi connectivity index (χ4v) is 7.53. The van der Waals surface area contributed by atoms with Crippen molar-refractivity contribution in [2.24, 2.45) is 5.92 Å². The van der Waals surface area contributed by atoms with Crippen LogP contribution in [0.15, 0.2) is 97.1 Å². The maximum atomic E-state index is 15.0. The number of amides is 1. The van der Waals surface area contributed by atoms with Crippen molar-refractivity contribution >= 4 is 40.1 Å². The number of carbonyl (C=O) groups is 3. The van der Waals surface area contributed by atoms with Crippen molar-refractivity contribution in [2.45, 2.75) is 24.4 Å². The number of nitrogens with zero attached hydrogens (tertiary/aromatic N) is 2. The number of hydrogen-bond acceptors (Lipinski definition) is 8. The highest BCUT2D eigenvalue weighted by atomic mass is 16.7. The molecular weight excluding hydrogens is 574 g/mol. The molecule has 1 saturated heterocycles. The lowest BCUT2D eigenvalue weighted by molar-refractivity contribution is -0.384. The van der Waals surface area contributed by atoms with Crippen molar-refractivity contribution in [1.29, 1.82) is 0 Å². The van der Waals surface area contributed by atoms with Gasteiger partial charge in [0.05, 0.1) is 16.9 Å². The molecule has 8 rings (SSSR count). The molecule has 0 unspecified atom stereocenters. The molecule has 10 heteroatoms. The van der Waals surface area contributed by atoms with Crippen LogP contribution in [0.3, 0.4) is 0 Å². The highest BCUT2D eigenvalue weighted by Crippen LogP contribution is 2.59. The lowest BCUT2D eigenvalue weighted by Crippen LogP contribution is -2.51. The van der Waals surface area contributed by atoms with Gasteiger partial charge in [0, 0.05) is 40.2 Å². The maximum Gasteiger partial charge on any atom is 0.269 e. The zero-order valence-electron chi connectivity index (χ0n) is 23.9. The number of nitro groups is 1. The number of nitrogens with one attached hydrogen (secondary N) is 1. The second-order valence-electron chi connectivity index (χ2n) is 11.6. The third-order valence-corrected chi connectivity index (χ3v) is 9.45. The average Bonchev–Trinajstić information content (AvgIpc) is 3.73. The summed E-state index contributed by atoms with van der Waals surface area (Å²) in [5.74, 6) is -1.49. The zero-order valence-corrected chi connectivity index (χ0v) is 23.9. The molecule has 4 aliphatic rings. The second kappa shape index (κ2) is 9.62. The fraction of sp³-hybridized carbons (Fsp3) is 0.171. The number of carbonyl (C=O) groups excluding carboxylic acids is 3. The summed E-state index contributed by atoms with van der Waals surface area (Å²) in [4.78, 5) is 57.1. The van der Waals surface area contributed by atoms with E-state index in [1.54, 1.807) is 24.3 Å². The first-order valence-electron chi connectivity index (χ1n) is 14.5. The van der Waals surface area contributed by atoms with Crippen LogP contribution in [-0.2, 0) is 10.2 Å². The Balaban J connectivity index is 1.40. The normalized spacial score (nSPS) is 23.6. The average molecular weight is 600 g/mol. The summed E-state index contributed by atoms with van der Waals surface area (Å²) in [6, 6.07) is 23.3. The van der Waals surface area contributed by atoms with Crippen LogP contribution in [0.25, 0.3) is 5.57 Å². The summed E-state index contributed by atoms with van der Waals surface area (Å²) in [7, 11) is 0. The molecule has 4 aromatic carbocycles. The van der Waals surface area contributed by atoms with Gasteiger partial charge in [0.2, 0.25) is 12.7 Å². The molecule has 0 bridgehead atoms. The Morgan fingerprint density at radius 1 is 0.911 bits per heavy atom. The molecule has 222 valence electrons. The van der Waals surface area contributed by atoms with E-state index in [1.807, 2.05) is 60.4 Å². The third-order valence-electron chi connectivity index (χ3n) is 9.45. The second-order valence-corrected chi connectivity index (χ2v) is 11.6. The van der Waals surface area contributed by atoms with Crippen molar-refractivity contribution in [3.63, 3.8) is 0 Å². The van der Waals surface area contributed by atoms with Gasteiger partial charge >= 0.3 is 0 Å². The van der Waals surface area contributed by atoms with Gasteiger partial charge in [-0.1, -0.05) is 42.5 Å². The SMILES string of the molecule is CC1=C[C@@H]2N(c3ccccc31)[C@H](C(=O)c1ccc([N+](=O)[O-])cc1)[C@H](C(=O)c1ccc3c(c1)OCO3)[C@]21C(=O)Nc2ccccc21. The number of allylic oxidation sites excluding steroid dienone is 1. The number of hydrogen-bond donors (Lipinski definition) is 1. The molecule has 10 nitrogen and oxygen atoms in total. The van der Waals surface area contributed by atoms with E-state index in [4.69, 9.17) is 9.47 Å². The Morgan fingerprint density at radius 2 is 1.62 bits per heavy atom. The van der Waals surface area contributed by atoms with E-state index in [0.717, 1.165) is 16.8 Å². The summed E-state index contributed by atoms with van der Waals surface area (Å²) < 4.78 is 11.1. The van der Waals surface area contributed by atoms with Gasteiger partial charge in [-0.3, -0.25) is 24.5 Å². The lowest BCUT2D eigenvalue weighted by Gasteiger charge is -2.39. The molecule has 1 fully saturated rings. The Labute approximate surface area is 257 Å². The Morgan fingerprint density at radius 3 is 2.42 bits per heavy atom. The van der Waals surface area contributed by atoms with Crippen molar-refractivity contribution in [2.75, 3.05) is 17.0 Å². The number of Topliss-reactive ketones (excluding diaryl/α,β-unsaturated/α-hetero) is 2. The number of anilines is 2. The Hall–Kier alpha value is -5.77. The summed E-state index contributed by atoms with van der Waals surface area (Å²) >= 11 is 0. The van der Waals surface area contributed by atoms with Crippen molar-refractivity contribution < 1.29 is 28.8 Å². The number of ether oxygens (including phenoxy) is 2. The standard InChI is InChI=1S/C35H25N3O7/c1-19-16-29-35(24-7-3-4-8-25(24)36-34(35)41)30(32(39)21-12-15-27-28(17-21)45-18-44-27)31(37(29)26-9-5-2-6-23(19)26)33(40)20-10-13-22(14-11-20)38(42)43/h2-17,29-31H,18H2,1H3,(H,36,41)/t29-,30+,31-,35+/m0/s1. The first-order valence-corrected chi connectivity index (χ1v) is 14.5. The van der Waals surface area contributed by atoms with Gasteiger partial charge in [0.1, 0.15) is 11.5 Å². The number of fused-ring (bicyclic) bond motifs is 7. The molecule has 4 atom stereocenters. The van der Waals surface area contributed by atoms with Crippen LogP contribution in [0.1, 0.15) is 38.8 Å². The van der Waals surface area contributed by atoms with Crippen LogP contribution in [0.2, 0.25) is 0 Å².